The molecule has 33 heavy (non-hydrogen) atoms. The summed E-state index contributed by atoms with van der Waals surface area (Å²) >= 11 is 7.55. The molecule has 1 aliphatic rings. The van der Waals surface area contributed by atoms with E-state index in [-0.39, 0.29) is 16.7 Å². The number of sulfonamides is 1. The number of aromatic nitrogens is 1. The van der Waals surface area contributed by atoms with Crippen LogP contribution >= 0.6 is 22.9 Å². The van der Waals surface area contributed by atoms with Crippen molar-refractivity contribution in [1.29, 1.82) is 0 Å². The van der Waals surface area contributed by atoms with Gasteiger partial charge in [-0.05, 0) is 49.2 Å². The lowest BCUT2D eigenvalue weighted by molar-refractivity contribution is -0.134. The standard InChI is InChI=1S/C23H27ClN4O3S2/c1-15(2)22(26-33(30,31)19-7-8-20-21(14-19)32-16(3)25-20)23(29)28-11-9-27(10-12-28)18-6-4-5-17(24)13-18/h4-8,13-15,22,26H,9-12H2,1-3H3/t22-/m0/s1. The van der Waals surface area contributed by atoms with Gasteiger partial charge in [0.05, 0.1) is 20.1 Å². The zero-order valence-electron chi connectivity index (χ0n) is 18.8. The van der Waals surface area contributed by atoms with E-state index in [0.717, 1.165) is 20.9 Å². The summed E-state index contributed by atoms with van der Waals surface area (Å²) in [6, 6.07) is 11.7. The first kappa shape index (κ1) is 23.9. The van der Waals surface area contributed by atoms with Crippen LogP contribution in [0.3, 0.4) is 0 Å². The third kappa shape index (κ3) is 5.32. The zero-order valence-corrected chi connectivity index (χ0v) is 21.2. The van der Waals surface area contributed by atoms with Gasteiger partial charge in [0.1, 0.15) is 6.04 Å². The monoisotopic (exact) mass is 506 g/mol. The maximum atomic E-state index is 13.3. The Balaban J connectivity index is 1.47. The van der Waals surface area contributed by atoms with E-state index in [0.29, 0.717) is 31.2 Å². The molecular weight excluding hydrogens is 480 g/mol. The topological polar surface area (TPSA) is 82.6 Å². The molecule has 2 aromatic carbocycles. The van der Waals surface area contributed by atoms with Gasteiger partial charge in [0, 0.05) is 36.9 Å². The Bertz CT molecular complexity index is 1270. The van der Waals surface area contributed by atoms with Gasteiger partial charge in [0.2, 0.25) is 15.9 Å². The number of piperazine rings is 1. The van der Waals surface area contributed by atoms with Crippen molar-refractivity contribution in [2.24, 2.45) is 5.92 Å². The number of nitrogens with zero attached hydrogens (tertiary/aromatic N) is 3. The fraction of sp³-hybridized carbons (Fsp3) is 0.391. The smallest absolute Gasteiger partial charge is 0.241 e. The fourth-order valence-corrected chi connectivity index (χ4v) is 6.44. The Hall–Kier alpha value is -2.20. The predicted molar refractivity (Wildman–Crippen MR) is 134 cm³/mol. The van der Waals surface area contributed by atoms with Crippen LogP contribution in [0.15, 0.2) is 47.4 Å². The summed E-state index contributed by atoms with van der Waals surface area (Å²) in [6.45, 7) is 7.93. The minimum Gasteiger partial charge on any atom is -0.368 e. The van der Waals surface area contributed by atoms with Gasteiger partial charge in [-0.3, -0.25) is 4.79 Å². The number of hydrogen-bond donors (Lipinski definition) is 1. The summed E-state index contributed by atoms with van der Waals surface area (Å²) in [4.78, 5) is 21.8. The molecule has 2 heterocycles. The van der Waals surface area contributed by atoms with Crippen LogP contribution < -0.4 is 9.62 Å². The Morgan fingerprint density at radius 2 is 1.85 bits per heavy atom. The Labute approximate surface area is 203 Å². The van der Waals surface area contributed by atoms with Crippen LogP contribution in [0.5, 0.6) is 0 Å². The molecule has 176 valence electrons. The molecule has 1 N–H and O–H groups in total. The molecule has 0 spiro atoms. The number of hydrogen-bond acceptors (Lipinski definition) is 6. The van der Waals surface area contributed by atoms with Crippen molar-refractivity contribution in [3.63, 3.8) is 0 Å². The van der Waals surface area contributed by atoms with E-state index >= 15 is 0 Å². The molecule has 1 amide bonds. The Morgan fingerprint density at radius 1 is 1.12 bits per heavy atom. The molecule has 7 nitrogen and oxygen atoms in total. The van der Waals surface area contributed by atoms with Crippen LogP contribution in [0.25, 0.3) is 10.2 Å². The lowest BCUT2D eigenvalue weighted by atomic mass is 10.0. The average molecular weight is 507 g/mol. The van der Waals surface area contributed by atoms with Crippen molar-refractivity contribution in [3.05, 3.63) is 52.5 Å². The molecular formula is C23H27ClN4O3S2. The van der Waals surface area contributed by atoms with Crippen LogP contribution in [0.4, 0.5) is 5.69 Å². The van der Waals surface area contributed by atoms with Gasteiger partial charge in [0.25, 0.3) is 0 Å². The summed E-state index contributed by atoms with van der Waals surface area (Å²) in [6.07, 6.45) is 0. The molecule has 4 rings (SSSR count). The molecule has 0 unspecified atom stereocenters. The van der Waals surface area contributed by atoms with Gasteiger partial charge in [0.15, 0.2) is 0 Å². The number of rotatable bonds is 6. The molecule has 0 radical (unpaired) electrons. The Kier molecular flexibility index (Phi) is 6.95. The number of carbonyl (C=O) groups is 1. The van der Waals surface area contributed by atoms with Crippen molar-refractivity contribution >= 4 is 54.8 Å². The SMILES string of the molecule is Cc1nc2ccc(S(=O)(=O)N[C@H](C(=O)N3CCN(c4cccc(Cl)c4)CC3)C(C)C)cc2s1. The Morgan fingerprint density at radius 3 is 2.52 bits per heavy atom. The third-order valence-electron chi connectivity index (χ3n) is 5.76. The van der Waals surface area contributed by atoms with E-state index in [2.05, 4.69) is 14.6 Å². The van der Waals surface area contributed by atoms with E-state index in [1.165, 1.54) is 17.4 Å². The number of carbonyl (C=O) groups excluding carboxylic acids is 1. The molecule has 1 aromatic heterocycles. The first-order valence-electron chi connectivity index (χ1n) is 10.8. The number of fused-ring (bicyclic) bond motifs is 1. The molecule has 1 atom stereocenters. The summed E-state index contributed by atoms with van der Waals surface area (Å²) in [5, 5.41) is 1.55. The number of nitrogens with one attached hydrogen (secondary N) is 1. The number of aryl methyl sites for hydroxylation is 1. The number of amides is 1. The maximum Gasteiger partial charge on any atom is 0.241 e. The maximum absolute atomic E-state index is 13.3. The van der Waals surface area contributed by atoms with Gasteiger partial charge in [-0.2, -0.15) is 4.72 Å². The van der Waals surface area contributed by atoms with Crippen molar-refractivity contribution < 1.29 is 13.2 Å². The lowest BCUT2D eigenvalue weighted by Crippen LogP contribution is -2.56. The number of anilines is 1. The van der Waals surface area contributed by atoms with E-state index in [1.54, 1.807) is 17.0 Å². The molecule has 10 heteroatoms. The van der Waals surface area contributed by atoms with Crippen LogP contribution in [0.2, 0.25) is 5.02 Å². The average Bonchev–Trinajstić information content (AvgIpc) is 3.16. The first-order chi connectivity index (χ1) is 15.6. The highest BCUT2D eigenvalue weighted by atomic mass is 35.5. The van der Waals surface area contributed by atoms with Crippen molar-refractivity contribution in [2.45, 2.75) is 31.7 Å². The predicted octanol–water partition coefficient (Wildman–Crippen LogP) is 3.91. The highest BCUT2D eigenvalue weighted by Gasteiger charge is 2.33. The van der Waals surface area contributed by atoms with E-state index in [9.17, 15) is 13.2 Å². The number of benzene rings is 2. The summed E-state index contributed by atoms with van der Waals surface area (Å²) < 4.78 is 29.7. The van der Waals surface area contributed by atoms with E-state index in [4.69, 9.17) is 11.6 Å². The quantitative estimate of drug-likeness (QED) is 0.548. The van der Waals surface area contributed by atoms with Gasteiger partial charge in [-0.15, -0.1) is 11.3 Å². The molecule has 0 saturated carbocycles. The highest BCUT2D eigenvalue weighted by Crippen LogP contribution is 2.25. The number of thiazole rings is 1. The van der Waals surface area contributed by atoms with Crippen LogP contribution in [0.1, 0.15) is 18.9 Å². The van der Waals surface area contributed by atoms with Gasteiger partial charge >= 0.3 is 0 Å². The minimum atomic E-state index is -3.87. The minimum absolute atomic E-state index is 0.142. The highest BCUT2D eigenvalue weighted by molar-refractivity contribution is 7.89. The molecule has 0 bridgehead atoms. The van der Waals surface area contributed by atoms with Crippen molar-refractivity contribution in [2.75, 3.05) is 31.1 Å². The lowest BCUT2D eigenvalue weighted by Gasteiger charge is -2.38. The molecule has 0 aliphatic carbocycles. The summed E-state index contributed by atoms with van der Waals surface area (Å²) in [5.41, 5.74) is 1.79. The first-order valence-corrected chi connectivity index (χ1v) is 13.5. The van der Waals surface area contributed by atoms with Crippen LogP contribution in [-0.4, -0.2) is 56.4 Å². The van der Waals surface area contributed by atoms with Crippen LogP contribution in [0, 0.1) is 12.8 Å². The molecule has 1 fully saturated rings. The zero-order chi connectivity index (χ0) is 23.8. The fourth-order valence-electron chi connectivity index (χ4n) is 3.95. The summed E-state index contributed by atoms with van der Waals surface area (Å²) in [5.74, 6) is -0.401. The molecule has 3 aromatic rings. The van der Waals surface area contributed by atoms with Crippen LogP contribution in [-0.2, 0) is 14.8 Å². The van der Waals surface area contributed by atoms with Gasteiger partial charge in [-0.1, -0.05) is 31.5 Å². The van der Waals surface area contributed by atoms with Crippen molar-refractivity contribution in [1.82, 2.24) is 14.6 Å². The van der Waals surface area contributed by atoms with E-state index in [1.807, 2.05) is 45.0 Å². The largest absolute Gasteiger partial charge is 0.368 e. The van der Waals surface area contributed by atoms with Gasteiger partial charge in [-0.25, -0.2) is 13.4 Å². The molecule has 1 aliphatic heterocycles. The second-order valence-corrected chi connectivity index (χ2v) is 11.9. The number of halogens is 1. The summed E-state index contributed by atoms with van der Waals surface area (Å²) in [7, 11) is -3.87. The second kappa shape index (κ2) is 9.58. The van der Waals surface area contributed by atoms with Crippen molar-refractivity contribution in [3.8, 4) is 0 Å². The third-order valence-corrected chi connectivity index (χ3v) is 8.36. The second-order valence-electron chi connectivity index (χ2n) is 8.50. The van der Waals surface area contributed by atoms with Gasteiger partial charge < -0.3 is 9.80 Å². The van der Waals surface area contributed by atoms with E-state index < -0.39 is 16.1 Å². The molecule has 1 saturated heterocycles. The normalized spacial score (nSPS) is 15.9.